The Labute approximate surface area is 85.9 Å². The van der Waals surface area contributed by atoms with Crippen LogP contribution in [-0.4, -0.2) is 11.5 Å². The normalized spacial score (nSPS) is 20.9. The first-order valence-electron chi connectivity index (χ1n) is 5.30. The van der Waals surface area contributed by atoms with Crippen molar-refractivity contribution >= 4 is 11.8 Å². The van der Waals surface area contributed by atoms with Crippen molar-refractivity contribution in [2.24, 2.45) is 11.8 Å². The van der Waals surface area contributed by atoms with E-state index in [1.807, 2.05) is 6.92 Å². The van der Waals surface area contributed by atoms with E-state index in [1.165, 1.54) is 37.2 Å². The minimum absolute atomic E-state index is 0.262. The maximum atomic E-state index is 8.62. The zero-order chi connectivity index (χ0) is 9.52. The molecule has 1 fully saturated rings. The van der Waals surface area contributed by atoms with Gasteiger partial charge in [-0.25, -0.2) is 0 Å². The van der Waals surface area contributed by atoms with Crippen LogP contribution in [0.5, 0.6) is 0 Å². The maximum absolute atomic E-state index is 8.62. The highest BCUT2D eigenvalue weighted by Crippen LogP contribution is 2.27. The van der Waals surface area contributed by atoms with Crippen LogP contribution < -0.4 is 0 Å². The Morgan fingerprint density at radius 2 is 2.15 bits per heavy atom. The lowest BCUT2D eigenvalue weighted by atomic mass is 9.94. The van der Waals surface area contributed by atoms with Crippen LogP contribution in [0.4, 0.5) is 0 Å². The summed E-state index contributed by atoms with van der Waals surface area (Å²) < 4.78 is 0. The van der Waals surface area contributed by atoms with Crippen molar-refractivity contribution in [3.8, 4) is 6.07 Å². The van der Waals surface area contributed by atoms with Gasteiger partial charge >= 0.3 is 0 Å². The van der Waals surface area contributed by atoms with E-state index in [9.17, 15) is 0 Å². The molecule has 0 spiro atoms. The third kappa shape index (κ3) is 4.57. The van der Waals surface area contributed by atoms with E-state index in [4.69, 9.17) is 5.26 Å². The molecule has 74 valence electrons. The fourth-order valence-corrected chi connectivity index (χ4v) is 3.02. The van der Waals surface area contributed by atoms with Gasteiger partial charge in [0.2, 0.25) is 0 Å². The first kappa shape index (κ1) is 10.9. The Bertz CT molecular complexity index is 167. The molecule has 0 aliphatic carbocycles. The highest BCUT2D eigenvalue weighted by atomic mass is 32.2. The number of hydrogen-bond acceptors (Lipinski definition) is 2. The van der Waals surface area contributed by atoms with E-state index in [0.717, 1.165) is 12.3 Å². The van der Waals surface area contributed by atoms with Gasteiger partial charge in [0.05, 0.1) is 6.07 Å². The molecule has 1 rings (SSSR count). The highest BCUT2D eigenvalue weighted by Gasteiger charge is 2.13. The SMILES string of the molecule is CC(C#N)CCCC1CCSCC1. The van der Waals surface area contributed by atoms with Crippen molar-refractivity contribution in [1.29, 1.82) is 5.26 Å². The largest absolute Gasteiger partial charge is 0.198 e. The Hall–Kier alpha value is -0.160. The van der Waals surface area contributed by atoms with E-state index >= 15 is 0 Å². The minimum Gasteiger partial charge on any atom is -0.198 e. The summed E-state index contributed by atoms with van der Waals surface area (Å²) in [4.78, 5) is 0. The summed E-state index contributed by atoms with van der Waals surface area (Å²) in [5.41, 5.74) is 0. The molecule has 0 radical (unpaired) electrons. The van der Waals surface area contributed by atoms with Gasteiger partial charge < -0.3 is 0 Å². The molecule has 0 aromatic heterocycles. The molecule has 0 aromatic rings. The monoisotopic (exact) mass is 197 g/mol. The molecule has 1 saturated heterocycles. The minimum atomic E-state index is 0.262. The fraction of sp³-hybridized carbons (Fsp3) is 0.909. The lowest BCUT2D eigenvalue weighted by molar-refractivity contribution is 0.420. The van der Waals surface area contributed by atoms with E-state index in [0.29, 0.717) is 0 Å². The van der Waals surface area contributed by atoms with Gasteiger partial charge in [-0.15, -0.1) is 0 Å². The summed E-state index contributed by atoms with van der Waals surface area (Å²) in [5.74, 6) is 3.95. The molecule has 1 aliphatic rings. The molecule has 2 heteroatoms. The standard InChI is InChI=1S/C11H19NS/c1-10(9-12)3-2-4-11-5-7-13-8-6-11/h10-11H,2-8H2,1H3. The molecule has 1 heterocycles. The van der Waals surface area contributed by atoms with Crippen molar-refractivity contribution in [2.75, 3.05) is 11.5 Å². The van der Waals surface area contributed by atoms with Gasteiger partial charge in [-0.2, -0.15) is 17.0 Å². The van der Waals surface area contributed by atoms with Crippen LogP contribution in [0.1, 0.15) is 39.0 Å². The molecule has 1 unspecified atom stereocenters. The molecule has 0 N–H and O–H groups in total. The third-order valence-electron chi connectivity index (χ3n) is 2.81. The summed E-state index contributed by atoms with van der Waals surface area (Å²) in [6.07, 6.45) is 6.52. The highest BCUT2D eigenvalue weighted by molar-refractivity contribution is 7.99. The average Bonchev–Trinajstić information content (AvgIpc) is 2.19. The van der Waals surface area contributed by atoms with Crippen molar-refractivity contribution in [3.63, 3.8) is 0 Å². The zero-order valence-electron chi connectivity index (χ0n) is 8.46. The maximum Gasteiger partial charge on any atom is 0.0652 e. The summed E-state index contributed by atoms with van der Waals surface area (Å²) >= 11 is 2.09. The van der Waals surface area contributed by atoms with Crippen LogP contribution in [0.25, 0.3) is 0 Å². The lowest BCUT2D eigenvalue weighted by Crippen LogP contribution is -2.09. The average molecular weight is 197 g/mol. The van der Waals surface area contributed by atoms with Crippen LogP contribution in [0.15, 0.2) is 0 Å². The molecule has 1 atom stereocenters. The molecule has 1 aliphatic heterocycles. The van der Waals surface area contributed by atoms with Gasteiger partial charge in [0.1, 0.15) is 0 Å². The van der Waals surface area contributed by atoms with Crippen molar-refractivity contribution < 1.29 is 0 Å². The predicted molar refractivity (Wildman–Crippen MR) is 58.7 cm³/mol. The van der Waals surface area contributed by atoms with Crippen LogP contribution in [0.2, 0.25) is 0 Å². The topological polar surface area (TPSA) is 23.8 Å². The van der Waals surface area contributed by atoms with Crippen molar-refractivity contribution in [1.82, 2.24) is 0 Å². The molecule has 13 heavy (non-hydrogen) atoms. The summed E-state index contributed by atoms with van der Waals surface area (Å²) in [6.45, 7) is 2.02. The second-order valence-corrected chi connectivity index (χ2v) is 5.24. The van der Waals surface area contributed by atoms with Crippen LogP contribution >= 0.6 is 11.8 Å². The summed E-state index contributed by atoms with van der Waals surface area (Å²) in [6, 6.07) is 2.30. The smallest absolute Gasteiger partial charge is 0.0652 e. The number of thioether (sulfide) groups is 1. The molecule has 0 aromatic carbocycles. The summed E-state index contributed by atoms with van der Waals surface area (Å²) in [5, 5.41) is 8.62. The van der Waals surface area contributed by atoms with Crippen LogP contribution in [0.3, 0.4) is 0 Å². The summed E-state index contributed by atoms with van der Waals surface area (Å²) in [7, 11) is 0. The van der Waals surface area contributed by atoms with E-state index in [-0.39, 0.29) is 5.92 Å². The zero-order valence-corrected chi connectivity index (χ0v) is 9.28. The molecular weight excluding hydrogens is 178 g/mol. The fourth-order valence-electron chi connectivity index (χ4n) is 1.81. The Balaban J connectivity index is 2.02. The second kappa shape index (κ2) is 6.32. The van der Waals surface area contributed by atoms with E-state index in [2.05, 4.69) is 17.8 Å². The molecule has 0 amide bonds. The van der Waals surface area contributed by atoms with E-state index < -0.39 is 0 Å². The molecule has 0 saturated carbocycles. The van der Waals surface area contributed by atoms with Crippen LogP contribution in [0, 0.1) is 23.2 Å². The van der Waals surface area contributed by atoms with Gasteiger partial charge in [-0.05, 0) is 43.6 Å². The quantitative estimate of drug-likeness (QED) is 0.689. The lowest BCUT2D eigenvalue weighted by Gasteiger charge is -2.21. The Kier molecular flexibility index (Phi) is 5.31. The first-order valence-corrected chi connectivity index (χ1v) is 6.45. The molecule has 0 bridgehead atoms. The number of hydrogen-bond donors (Lipinski definition) is 0. The van der Waals surface area contributed by atoms with Gasteiger partial charge in [0.15, 0.2) is 0 Å². The van der Waals surface area contributed by atoms with Gasteiger partial charge in [-0.1, -0.05) is 12.8 Å². The number of rotatable bonds is 4. The number of nitrogens with zero attached hydrogens (tertiary/aromatic N) is 1. The first-order chi connectivity index (χ1) is 6.33. The van der Waals surface area contributed by atoms with Gasteiger partial charge in [-0.3, -0.25) is 0 Å². The van der Waals surface area contributed by atoms with Crippen molar-refractivity contribution in [2.45, 2.75) is 39.0 Å². The second-order valence-electron chi connectivity index (χ2n) is 4.02. The Morgan fingerprint density at radius 1 is 1.46 bits per heavy atom. The number of nitriles is 1. The molecular formula is C11H19NS. The van der Waals surface area contributed by atoms with Crippen LogP contribution in [-0.2, 0) is 0 Å². The van der Waals surface area contributed by atoms with Gasteiger partial charge in [0.25, 0.3) is 0 Å². The third-order valence-corrected chi connectivity index (χ3v) is 3.86. The predicted octanol–water partition coefficient (Wildman–Crippen LogP) is 3.46. The van der Waals surface area contributed by atoms with Crippen molar-refractivity contribution in [3.05, 3.63) is 0 Å². The molecule has 1 nitrogen and oxygen atoms in total. The Morgan fingerprint density at radius 3 is 2.77 bits per heavy atom. The van der Waals surface area contributed by atoms with E-state index in [1.54, 1.807) is 0 Å². The van der Waals surface area contributed by atoms with Gasteiger partial charge in [0, 0.05) is 5.92 Å².